The number of rotatable bonds is 8. The molecule has 0 aromatic heterocycles. The number of hydrogen-bond acceptors (Lipinski definition) is 5. The van der Waals surface area contributed by atoms with Gasteiger partial charge in [-0.15, -0.1) is 0 Å². The van der Waals surface area contributed by atoms with Crippen LogP contribution in [0.2, 0.25) is 0 Å². The molecule has 2 aliphatic rings. The zero-order valence-corrected chi connectivity index (χ0v) is 13.9. The quantitative estimate of drug-likeness (QED) is 0.522. The fraction of sp³-hybridized carbons (Fsp3) is 1.00. The summed E-state index contributed by atoms with van der Waals surface area (Å²) in [7, 11) is 0. The van der Waals surface area contributed by atoms with Crippen molar-refractivity contribution in [1.82, 2.24) is 15.1 Å². The number of thiol groups is 1. The fourth-order valence-electron chi connectivity index (χ4n) is 3.06. The Kier molecular flexibility index (Phi) is 7.11. The van der Waals surface area contributed by atoms with E-state index in [1.165, 1.54) is 32.7 Å². The summed E-state index contributed by atoms with van der Waals surface area (Å²) in [6, 6.07) is 0.636. The zero-order chi connectivity index (χ0) is 14.4. The molecule has 0 aromatic carbocycles. The predicted molar refractivity (Wildman–Crippen MR) is 87.5 cm³/mol. The number of piperazine rings is 1. The van der Waals surface area contributed by atoms with Gasteiger partial charge in [0.25, 0.3) is 0 Å². The van der Waals surface area contributed by atoms with Gasteiger partial charge in [-0.25, -0.2) is 0 Å². The minimum absolute atomic E-state index is 0.481. The molecule has 5 heteroatoms. The van der Waals surface area contributed by atoms with Crippen LogP contribution in [-0.4, -0.2) is 73.7 Å². The molecule has 1 saturated carbocycles. The second-order valence-corrected chi connectivity index (χ2v) is 6.88. The largest absolute Gasteiger partial charge is 0.377 e. The van der Waals surface area contributed by atoms with E-state index >= 15 is 0 Å². The minimum atomic E-state index is 0.481. The molecule has 20 heavy (non-hydrogen) atoms. The third-order valence-corrected chi connectivity index (χ3v) is 4.51. The Hall–Kier alpha value is 0.190. The zero-order valence-electron chi connectivity index (χ0n) is 13.1. The summed E-state index contributed by atoms with van der Waals surface area (Å²) in [4.78, 5) is 5.13. The van der Waals surface area contributed by atoms with E-state index in [1.54, 1.807) is 0 Å². The molecule has 0 bridgehead atoms. The predicted octanol–water partition coefficient (Wildman–Crippen LogP) is 1.28. The van der Waals surface area contributed by atoms with E-state index in [4.69, 9.17) is 4.74 Å². The van der Waals surface area contributed by atoms with Gasteiger partial charge >= 0.3 is 0 Å². The molecule has 0 spiro atoms. The third-order valence-electron chi connectivity index (χ3n) is 4.32. The topological polar surface area (TPSA) is 27.7 Å². The van der Waals surface area contributed by atoms with Crippen LogP contribution < -0.4 is 5.32 Å². The highest BCUT2D eigenvalue weighted by Crippen LogP contribution is 2.23. The Morgan fingerprint density at radius 3 is 2.40 bits per heavy atom. The molecule has 1 N–H and O–H groups in total. The monoisotopic (exact) mass is 301 g/mol. The average molecular weight is 302 g/mol. The molecule has 0 unspecified atom stereocenters. The van der Waals surface area contributed by atoms with Crippen LogP contribution >= 0.6 is 12.6 Å². The van der Waals surface area contributed by atoms with Gasteiger partial charge < -0.3 is 15.0 Å². The van der Waals surface area contributed by atoms with Crippen molar-refractivity contribution in [3.05, 3.63) is 0 Å². The van der Waals surface area contributed by atoms with Gasteiger partial charge in [-0.05, 0) is 18.8 Å². The van der Waals surface area contributed by atoms with Crippen LogP contribution in [0.25, 0.3) is 0 Å². The number of hydrogen-bond donors (Lipinski definition) is 2. The molecular weight excluding hydrogens is 270 g/mol. The van der Waals surface area contributed by atoms with E-state index < -0.39 is 0 Å². The van der Waals surface area contributed by atoms with Gasteiger partial charge in [-0.2, -0.15) is 12.6 Å². The summed E-state index contributed by atoms with van der Waals surface area (Å²) in [5, 5.41) is 3.34. The maximum atomic E-state index is 5.93. The van der Waals surface area contributed by atoms with Crippen molar-refractivity contribution >= 4 is 12.6 Å². The van der Waals surface area contributed by atoms with Crippen LogP contribution in [0.15, 0.2) is 0 Å². The lowest BCUT2D eigenvalue weighted by Crippen LogP contribution is -2.49. The van der Waals surface area contributed by atoms with Crippen molar-refractivity contribution in [2.75, 3.05) is 51.8 Å². The van der Waals surface area contributed by atoms with Crippen LogP contribution in [0, 0.1) is 5.92 Å². The van der Waals surface area contributed by atoms with Crippen LogP contribution in [0.5, 0.6) is 0 Å². The summed E-state index contributed by atoms with van der Waals surface area (Å²) in [5.41, 5.74) is 0. The Morgan fingerprint density at radius 2 is 1.80 bits per heavy atom. The van der Waals surface area contributed by atoms with Crippen molar-refractivity contribution < 1.29 is 4.74 Å². The normalized spacial score (nSPS) is 28.8. The molecule has 0 aromatic rings. The fourth-order valence-corrected chi connectivity index (χ4v) is 3.32. The lowest BCUT2D eigenvalue weighted by Gasteiger charge is -2.37. The summed E-state index contributed by atoms with van der Waals surface area (Å²) < 4.78 is 5.93. The van der Waals surface area contributed by atoms with Crippen LogP contribution in [0.4, 0.5) is 0 Å². The molecule has 0 amide bonds. The standard InChI is InChI=1S/C15H31N3OS/c1-13(2)11-18-5-3-17(4-6-18)7-8-19-15-9-14(10-15)16-12-20/h13-16,20H,3-12H2,1-2H3. The van der Waals surface area contributed by atoms with E-state index in [2.05, 4.69) is 41.6 Å². The molecule has 1 aliphatic heterocycles. The highest BCUT2D eigenvalue weighted by atomic mass is 32.1. The van der Waals surface area contributed by atoms with E-state index in [9.17, 15) is 0 Å². The van der Waals surface area contributed by atoms with Crippen LogP contribution in [0.3, 0.4) is 0 Å². The van der Waals surface area contributed by atoms with Gasteiger partial charge in [0.2, 0.25) is 0 Å². The summed E-state index contributed by atoms with van der Waals surface area (Å²) >= 11 is 4.18. The Labute approximate surface area is 129 Å². The van der Waals surface area contributed by atoms with Crippen LogP contribution in [-0.2, 0) is 4.74 Å². The van der Waals surface area contributed by atoms with Crippen LogP contribution in [0.1, 0.15) is 26.7 Å². The van der Waals surface area contributed by atoms with Crippen molar-refractivity contribution in [1.29, 1.82) is 0 Å². The summed E-state index contributed by atoms with van der Waals surface area (Å²) in [6.07, 6.45) is 2.79. The van der Waals surface area contributed by atoms with Gasteiger partial charge in [0.15, 0.2) is 0 Å². The summed E-state index contributed by atoms with van der Waals surface area (Å²) in [5.74, 6) is 1.56. The third kappa shape index (κ3) is 5.53. The number of ether oxygens (including phenoxy) is 1. The van der Waals surface area contributed by atoms with E-state index in [-0.39, 0.29) is 0 Å². The first-order valence-corrected chi connectivity index (χ1v) is 8.71. The van der Waals surface area contributed by atoms with Crippen molar-refractivity contribution in [2.24, 2.45) is 5.92 Å². The average Bonchev–Trinajstić information content (AvgIpc) is 2.37. The first kappa shape index (κ1) is 16.6. The Balaban J connectivity index is 1.48. The smallest absolute Gasteiger partial charge is 0.0605 e. The molecule has 2 rings (SSSR count). The molecule has 0 atom stereocenters. The van der Waals surface area contributed by atoms with Gasteiger partial charge in [0.05, 0.1) is 12.7 Å². The molecule has 1 heterocycles. The van der Waals surface area contributed by atoms with Gasteiger partial charge in [-0.1, -0.05) is 13.8 Å². The SMILES string of the molecule is CC(C)CN1CCN(CCOC2CC(NCS)C2)CC1. The van der Waals surface area contributed by atoms with Crippen molar-refractivity contribution in [3.63, 3.8) is 0 Å². The van der Waals surface area contributed by atoms with Gasteiger partial charge in [0, 0.05) is 51.2 Å². The van der Waals surface area contributed by atoms with E-state index in [0.717, 1.165) is 37.8 Å². The second kappa shape index (κ2) is 8.59. The molecular formula is C15H31N3OS. The molecule has 1 aliphatic carbocycles. The van der Waals surface area contributed by atoms with Crippen molar-refractivity contribution in [2.45, 2.75) is 38.8 Å². The van der Waals surface area contributed by atoms with E-state index in [1.807, 2.05) is 0 Å². The molecule has 1 saturated heterocycles. The lowest BCUT2D eigenvalue weighted by atomic mass is 9.89. The summed E-state index contributed by atoms with van der Waals surface area (Å²) in [6.45, 7) is 12.7. The van der Waals surface area contributed by atoms with Gasteiger partial charge in [-0.3, -0.25) is 4.90 Å². The minimum Gasteiger partial charge on any atom is -0.377 e. The number of nitrogens with zero attached hydrogens (tertiary/aromatic N) is 2. The Bertz CT molecular complexity index is 264. The highest BCUT2D eigenvalue weighted by molar-refractivity contribution is 7.80. The molecule has 118 valence electrons. The molecule has 4 nitrogen and oxygen atoms in total. The first-order chi connectivity index (χ1) is 9.67. The van der Waals surface area contributed by atoms with E-state index in [0.29, 0.717) is 12.1 Å². The molecule has 0 radical (unpaired) electrons. The first-order valence-electron chi connectivity index (χ1n) is 8.08. The Morgan fingerprint density at radius 1 is 1.15 bits per heavy atom. The second-order valence-electron chi connectivity index (χ2n) is 6.56. The lowest BCUT2D eigenvalue weighted by molar-refractivity contribution is -0.0269. The highest BCUT2D eigenvalue weighted by Gasteiger charge is 2.29. The van der Waals surface area contributed by atoms with Crippen molar-refractivity contribution in [3.8, 4) is 0 Å². The molecule has 2 fully saturated rings. The number of nitrogens with one attached hydrogen (secondary N) is 1. The van der Waals surface area contributed by atoms with Gasteiger partial charge in [0.1, 0.15) is 0 Å². The maximum Gasteiger partial charge on any atom is 0.0605 e. The maximum absolute atomic E-state index is 5.93.